The maximum absolute atomic E-state index is 14.1. The number of benzene rings is 3. The number of para-hydroxylation sites is 1. The van der Waals surface area contributed by atoms with Crippen LogP contribution in [0.4, 0.5) is 16.0 Å². The maximum atomic E-state index is 14.1. The van der Waals surface area contributed by atoms with Crippen molar-refractivity contribution in [1.29, 1.82) is 0 Å². The summed E-state index contributed by atoms with van der Waals surface area (Å²) in [6.07, 6.45) is 0. The van der Waals surface area contributed by atoms with E-state index in [1.54, 1.807) is 28.9 Å². The number of rotatable bonds is 6. The van der Waals surface area contributed by atoms with Crippen LogP contribution in [0.5, 0.6) is 5.75 Å². The van der Waals surface area contributed by atoms with E-state index in [0.29, 0.717) is 28.0 Å². The molecule has 5 rings (SSSR count). The maximum Gasteiger partial charge on any atom is 0.255 e. The van der Waals surface area contributed by atoms with Crippen molar-refractivity contribution in [3.63, 3.8) is 0 Å². The van der Waals surface area contributed by atoms with Crippen LogP contribution in [0.15, 0.2) is 78.0 Å². The van der Waals surface area contributed by atoms with Gasteiger partial charge in [-0.3, -0.25) is 4.79 Å². The highest BCUT2D eigenvalue weighted by molar-refractivity contribution is 6.31. The molecule has 36 heavy (non-hydrogen) atoms. The summed E-state index contributed by atoms with van der Waals surface area (Å²) in [6, 6.07) is 18.7. The van der Waals surface area contributed by atoms with Crippen LogP contribution in [-0.2, 0) is 11.4 Å². The SMILES string of the molecule is CC1=C(C(=O)Nc2ccccc2C)[C@H](c2ccc(OCc3c(F)cccc3Cl)cc2)n2nnnc2N1. The van der Waals surface area contributed by atoms with E-state index >= 15 is 0 Å². The molecule has 0 fully saturated rings. The third kappa shape index (κ3) is 4.52. The number of ether oxygens (including phenoxy) is 1. The van der Waals surface area contributed by atoms with Gasteiger partial charge in [-0.25, -0.2) is 4.39 Å². The van der Waals surface area contributed by atoms with Crippen molar-refractivity contribution >= 4 is 29.1 Å². The zero-order valence-corrected chi connectivity index (χ0v) is 20.3. The molecule has 2 N–H and O–H groups in total. The van der Waals surface area contributed by atoms with Crippen molar-refractivity contribution in [2.24, 2.45) is 0 Å². The zero-order valence-electron chi connectivity index (χ0n) is 19.5. The molecular formula is C26H22ClFN6O2. The molecule has 8 nitrogen and oxygen atoms in total. The monoisotopic (exact) mass is 504 g/mol. The summed E-state index contributed by atoms with van der Waals surface area (Å²) in [7, 11) is 0. The van der Waals surface area contributed by atoms with Crippen molar-refractivity contribution in [2.75, 3.05) is 10.6 Å². The van der Waals surface area contributed by atoms with Gasteiger partial charge in [-0.05, 0) is 65.7 Å². The number of carbonyl (C=O) groups excluding carboxylic acids is 1. The van der Waals surface area contributed by atoms with Crippen LogP contribution in [0.1, 0.15) is 29.7 Å². The largest absolute Gasteiger partial charge is 0.489 e. The van der Waals surface area contributed by atoms with Crippen LogP contribution in [0.25, 0.3) is 0 Å². The van der Waals surface area contributed by atoms with Gasteiger partial charge in [-0.1, -0.05) is 53.1 Å². The Labute approximate surface area is 211 Å². The van der Waals surface area contributed by atoms with Crippen LogP contribution in [0, 0.1) is 12.7 Å². The van der Waals surface area contributed by atoms with E-state index < -0.39 is 11.9 Å². The number of nitrogens with zero attached hydrogens (tertiary/aromatic N) is 4. The second kappa shape index (κ2) is 9.79. The number of allylic oxidation sites excluding steroid dienone is 1. The van der Waals surface area contributed by atoms with Crippen LogP contribution >= 0.6 is 11.6 Å². The molecule has 0 bridgehead atoms. The average Bonchev–Trinajstić information content (AvgIpc) is 3.33. The number of aromatic nitrogens is 4. The second-order valence-electron chi connectivity index (χ2n) is 8.34. The molecule has 2 heterocycles. The van der Waals surface area contributed by atoms with Gasteiger partial charge in [0.25, 0.3) is 5.91 Å². The average molecular weight is 505 g/mol. The molecule has 0 saturated heterocycles. The van der Waals surface area contributed by atoms with E-state index in [2.05, 4.69) is 26.2 Å². The number of amides is 1. The number of hydrogen-bond donors (Lipinski definition) is 2. The minimum Gasteiger partial charge on any atom is -0.489 e. The van der Waals surface area contributed by atoms with E-state index in [1.807, 2.05) is 50.2 Å². The fourth-order valence-corrected chi connectivity index (χ4v) is 4.31. The molecule has 182 valence electrons. The first-order valence-corrected chi connectivity index (χ1v) is 11.6. The van der Waals surface area contributed by atoms with E-state index in [-0.39, 0.29) is 18.1 Å². The summed E-state index contributed by atoms with van der Waals surface area (Å²) >= 11 is 6.10. The summed E-state index contributed by atoms with van der Waals surface area (Å²) in [6.45, 7) is 3.73. The van der Waals surface area contributed by atoms with Crippen LogP contribution < -0.4 is 15.4 Å². The molecule has 1 atom stereocenters. The molecule has 10 heteroatoms. The molecule has 0 unspecified atom stereocenters. The van der Waals surface area contributed by atoms with Crippen molar-refractivity contribution in [2.45, 2.75) is 26.5 Å². The number of hydrogen-bond acceptors (Lipinski definition) is 6. The van der Waals surface area contributed by atoms with Crippen molar-refractivity contribution < 1.29 is 13.9 Å². The van der Waals surface area contributed by atoms with Gasteiger partial charge in [-0.2, -0.15) is 4.68 Å². The summed E-state index contributed by atoms with van der Waals surface area (Å²) in [5.74, 6) is 0.259. The van der Waals surface area contributed by atoms with E-state index in [4.69, 9.17) is 16.3 Å². The summed E-state index contributed by atoms with van der Waals surface area (Å²) in [4.78, 5) is 13.5. The van der Waals surface area contributed by atoms with Crippen LogP contribution in [0.2, 0.25) is 5.02 Å². The summed E-state index contributed by atoms with van der Waals surface area (Å²) < 4.78 is 21.4. The molecule has 0 radical (unpaired) electrons. The summed E-state index contributed by atoms with van der Waals surface area (Å²) in [5.41, 5.74) is 3.85. The van der Waals surface area contributed by atoms with Crippen molar-refractivity contribution in [1.82, 2.24) is 20.2 Å². The molecule has 0 aliphatic carbocycles. The minimum absolute atomic E-state index is 0.0154. The lowest BCUT2D eigenvalue weighted by atomic mass is 9.95. The number of tetrazole rings is 1. The molecule has 1 aliphatic heterocycles. The highest BCUT2D eigenvalue weighted by atomic mass is 35.5. The Kier molecular flexibility index (Phi) is 6.39. The Morgan fingerprint density at radius 3 is 2.64 bits per heavy atom. The first kappa shape index (κ1) is 23.5. The number of aryl methyl sites for hydroxylation is 1. The Morgan fingerprint density at radius 2 is 1.89 bits per heavy atom. The number of carbonyl (C=O) groups is 1. The molecule has 1 amide bonds. The lowest BCUT2D eigenvalue weighted by Crippen LogP contribution is -2.31. The second-order valence-corrected chi connectivity index (χ2v) is 8.75. The van der Waals surface area contributed by atoms with Crippen LogP contribution in [0.3, 0.4) is 0 Å². The van der Waals surface area contributed by atoms with Crippen LogP contribution in [-0.4, -0.2) is 26.1 Å². The number of fused-ring (bicyclic) bond motifs is 1. The van der Waals surface area contributed by atoms with Gasteiger partial charge in [0, 0.05) is 16.9 Å². The van der Waals surface area contributed by atoms with Gasteiger partial charge in [-0.15, -0.1) is 0 Å². The molecule has 0 spiro atoms. The Bertz CT molecular complexity index is 1450. The molecule has 1 aliphatic rings. The lowest BCUT2D eigenvalue weighted by molar-refractivity contribution is -0.113. The lowest BCUT2D eigenvalue weighted by Gasteiger charge is -2.28. The van der Waals surface area contributed by atoms with Crippen molar-refractivity contribution in [3.05, 3.63) is 106 Å². The normalized spacial score (nSPS) is 14.7. The quantitative estimate of drug-likeness (QED) is 0.371. The van der Waals surface area contributed by atoms with E-state index in [0.717, 1.165) is 16.8 Å². The molecule has 0 saturated carbocycles. The predicted octanol–water partition coefficient (Wildman–Crippen LogP) is 5.28. The van der Waals surface area contributed by atoms with Gasteiger partial charge in [0.05, 0.1) is 10.6 Å². The third-order valence-corrected chi connectivity index (χ3v) is 6.35. The van der Waals surface area contributed by atoms with Gasteiger partial charge in [0.1, 0.15) is 24.2 Å². The van der Waals surface area contributed by atoms with Gasteiger partial charge in [0.15, 0.2) is 0 Å². The Morgan fingerprint density at radius 1 is 1.11 bits per heavy atom. The Balaban J connectivity index is 1.42. The smallest absolute Gasteiger partial charge is 0.255 e. The highest BCUT2D eigenvalue weighted by Crippen LogP contribution is 2.36. The number of halogens is 2. The fourth-order valence-electron chi connectivity index (χ4n) is 4.09. The highest BCUT2D eigenvalue weighted by Gasteiger charge is 2.34. The van der Waals surface area contributed by atoms with E-state index in [1.165, 1.54) is 6.07 Å². The van der Waals surface area contributed by atoms with Gasteiger partial charge < -0.3 is 15.4 Å². The minimum atomic E-state index is -0.574. The first-order valence-electron chi connectivity index (χ1n) is 11.2. The first-order chi connectivity index (χ1) is 17.4. The number of anilines is 2. The zero-order chi connectivity index (χ0) is 25.2. The molecule has 1 aromatic heterocycles. The molecule has 3 aromatic carbocycles. The third-order valence-electron chi connectivity index (χ3n) is 5.99. The Hall–Kier alpha value is -4.24. The number of nitrogens with one attached hydrogen (secondary N) is 2. The fraction of sp³-hybridized carbons (Fsp3) is 0.154. The van der Waals surface area contributed by atoms with Gasteiger partial charge in [0.2, 0.25) is 5.95 Å². The standard InChI is InChI=1S/C26H22ClFN6O2/c1-15-6-3-4-9-22(15)30-25(35)23-16(2)29-26-31-32-33-34(26)24(23)17-10-12-18(13-11-17)36-14-19-20(27)7-5-8-21(19)28/h3-13,24H,14H2,1-2H3,(H,30,35)(H,29,31,33)/t24-/m0/s1. The molecular weight excluding hydrogens is 483 g/mol. The topological polar surface area (TPSA) is 94.0 Å². The predicted molar refractivity (Wildman–Crippen MR) is 134 cm³/mol. The van der Waals surface area contributed by atoms with Gasteiger partial charge >= 0.3 is 0 Å². The van der Waals surface area contributed by atoms with E-state index in [9.17, 15) is 9.18 Å². The van der Waals surface area contributed by atoms with Crippen molar-refractivity contribution in [3.8, 4) is 5.75 Å². The summed E-state index contributed by atoms with van der Waals surface area (Å²) in [5, 5.41) is 18.3. The molecule has 4 aromatic rings.